The van der Waals surface area contributed by atoms with E-state index in [4.69, 9.17) is 0 Å². The number of hydrogen-bond donors (Lipinski definition) is 2. The fourth-order valence-electron chi connectivity index (χ4n) is 3.18. The zero-order valence-electron chi connectivity index (χ0n) is 11.1. The highest BCUT2D eigenvalue weighted by molar-refractivity contribution is 6.02. The molecular weight excluding hydrogens is 230 g/mol. The van der Waals surface area contributed by atoms with Gasteiger partial charge in [0, 0.05) is 6.04 Å². The van der Waals surface area contributed by atoms with Gasteiger partial charge in [0.1, 0.15) is 5.41 Å². The Morgan fingerprint density at radius 2 is 2.00 bits per heavy atom. The number of carboxylic acids is 1. The molecule has 0 spiro atoms. The largest absolute Gasteiger partial charge is 0.480 e. The molecule has 0 aromatic rings. The lowest BCUT2D eigenvalue weighted by Crippen LogP contribution is -2.54. The van der Waals surface area contributed by atoms with Gasteiger partial charge in [0.15, 0.2) is 0 Å². The van der Waals surface area contributed by atoms with Gasteiger partial charge in [0.05, 0.1) is 0 Å². The summed E-state index contributed by atoms with van der Waals surface area (Å²) in [6, 6.07) is 0.188. The molecule has 0 aliphatic heterocycles. The van der Waals surface area contributed by atoms with Gasteiger partial charge < -0.3 is 10.4 Å². The van der Waals surface area contributed by atoms with Crippen LogP contribution in [0.1, 0.15) is 58.3 Å². The van der Waals surface area contributed by atoms with Gasteiger partial charge in [-0.15, -0.1) is 0 Å². The molecule has 0 radical (unpaired) electrons. The highest BCUT2D eigenvalue weighted by Gasteiger charge is 2.51. The molecule has 0 aromatic heterocycles. The molecule has 4 nitrogen and oxygen atoms in total. The summed E-state index contributed by atoms with van der Waals surface area (Å²) in [6.45, 7) is 2.18. The zero-order valence-corrected chi connectivity index (χ0v) is 11.1. The second kappa shape index (κ2) is 5.29. The topological polar surface area (TPSA) is 66.4 Å². The van der Waals surface area contributed by atoms with Crippen LogP contribution in [0.4, 0.5) is 0 Å². The third-order valence-electron chi connectivity index (χ3n) is 4.75. The third kappa shape index (κ3) is 2.38. The second-order valence-electron chi connectivity index (χ2n) is 5.85. The van der Waals surface area contributed by atoms with Gasteiger partial charge in [0.2, 0.25) is 5.91 Å². The van der Waals surface area contributed by atoms with Gasteiger partial charge in [-0.1, -0.05) is 32.6 Å². The van der Waals surface area contributed by atoms with E-state index in [0.717, 1.165) is 32.1 Å². The van der Waals surface area contributed by atoms with E-state index < -0.39 is 11.4 Å². The molecule has 102 valence electrons. The summed E-state index contributed by atoms with van der Waals surface area (Å²) >= 11 is 0. The smallest absolute Gasteiger partial charge is 0.319 e. The van der Waals surface area contributed by atoms with Crippen LogP contribution in [0.3, 0.4) is 0 Å². The molecular formula is C14H23NO3. The summed E-state index contributed by atoms with van der Waals surface area (Å²) in [5.41, 5.74) is -1.11. The molecule has 2 atom stereocenters. The quantitative estimate of drug-likeness (QED) is 0.756. The van der Waals surface area contributed by atoms with Crippen molar-refractivity contribution in [3.05, 3.63) is 0 Å². The first-order chi connectivity index (χ1) is 8.58. The van der Waals surface area contributed by atoms with Crippen molar-refractivity contribution in [2.75, 3.05) is 0 Å². The average Bonchev–Trinajstić information content (AvgIpc) is 2.27. The molecule has 0 bridgehead atoms. The Hall–Kier alpha value is -1.06. The van der Waals surface area contributed by atoms with Crippen LogP contribution in [-0.2, 0) is 9.59 Å². The summed E-state index contributed by atoms with van der Waals surface area (Å²) in [5, 5.41) is 12.2. The van der Waals surface area contributed by atoms with E-state index in [-0.39, 0.29) is 11.9 Å². The minimum absolute atomic E-state index is 0.188. The maximum absolute atomic E-state index is 12.2. The third-order valence-corrected chi connectivity index (χ3v) is 4.75. The Morgan fingerprint density at radius 1 is 1.28 bits per heavy atom. The van der Waals surface area contributed by atoms with E-state index in [1.165, 1.54) is 6.42 Å². The average molecular weight is 253 g/mol. The summed E-state index contributed by atoms with van der Waals surface area (Å²) in [6.07, 6.45) is 7.39. The van der Waals surface area contributed by atoms with E-state index in [1.54, 1.807) is 0 Å². The van der Waals surface area contributed by atoms with Gasteiger partial charge in [-0.3, -0.25) is 9.59 Å². The fourth-order valence-corrected chi connectivity index (χ4v) is 3.18. The number of amides is 1. The lowest BCUT2D eigenvalue weighted by Gasteiger charge is -2.38. The first-order valence-corrected chi connectivity index (χ1v) is 7.13. The van der Waals surface area contributed by atoms with Crippen LogP contribution in [0, 0.1) is 11.3 Å². The first kappa shape index (κ1) is 13.4. The molecule has 0 heterocycles. The minimum Gasteiger partial charge on any atom is -0.480 e. The molecule has 0 aromatic carbocycles. The maximum atomic E-state index is 12.2. The molecule has 2 aliphatic carbocycles. The van der Waals surface area contributed by atoms with Crippen LogP contribution in [0.15, 0.2) is 0 Å². The Morgan fingerprint density at radius 3 is 2.50 bits per heavy atom. The van der Waals surface area contributed by atoms with Gasteiger partial charge >= 0.3 is 5.97 Å². The number of aliphatic carboxylic acids is 1. The number of carbonyl (C=O) groups excluding carboxylic acids is 1. The van der Waals surface area contributed by atoms with Crippen molar-refractivity contribution in [2.24, 2.45) is 11.3 Å². The van der Waals surface area contributed by atoms with Gasteiger partial charge in [0.25, 0.3) is 0 Å². The van der Waals surface area contributed by atoms with Crippen LogP contribution in [0.25, 0.3) is 0 Å². The SMILES string of the molecule is CCC1CCCC(NC(=O)C2(C(=O)O)CCC2)C1. The number of hydrogen-bond acceptors (Lipinski definition) is 2. The molecule has 2 unspecified atom stereocenters. The van der Waals surface area contributed by atoms with Crippen molar-refractivity contribution < 1.29 is 14.7 Å². The van der Waals surface area contributed by atoms with Crippen molar-refractivity contribution in [3.8, 4) is 0 Å². The molecule has 2 fully saturated rings. The summed E-state index contributed by atoms with van der Waals surface area (Å²) in [5.74, 6) is -0.511. The van der Waals surface area contributed by atoms with Crippen molar-refractivity contribution in [1.82, 2.24) is 5.32 Å². The standard InChI is InChI=1S/C14H23NO3/c1-2-10-5-3-6-11(9-10)15-12(16)14(13(17)18)7-4-8-14/h10-11H,2-9H2,1H3,(H,15,16)(H,17,18). The molecule has 0 saturated heterocycles. The highest BCUT2D eigenvalue weighted by Crippen LogP contribution is 2.41. The number of carbonyl (C=O) groups is 2. The molecule has 18 heavy (non-hydrogen) atoms. The summed E-state index contributed by atoms with van der Waals surface area (Å²) in [7, 11) is 0. The lowest BCUT2D eigenvalue weighted by atomic mass is 9.68. The molecule has 2 N–H and O–H groups in total. The minimum atomic E-state index is -1.11. The maximum Gasteiger partial charge on any atom is 0.319 e. The predicted molar refractivity (Wildman–Crippen MR) is 68.1 cm³/mol. The van der Waals surface area contributed by atoms with Crippen molar-refractivity contribution >= 4 is 11.9 Å². The van der Waals surface area contributed by atoms with E-state index >= 15 is 0 Å². The molecule has 1 amide bonds. The van der Waals surface area contributed by atoms with Crippen LogP contribution >= 0.6 is 0 Å². The monoisotopic (exact) mass is 253 g/mol. The Kier molecular flexibility index (Phi) is 3.93. The van der Waals surface area contributed by atoms with Crippen LogP contribution in [0.5, 0.6) is 0 Å². The normalized spacial score (nSPS) is 30.3. The van der Waals surface area contributed by atoms with E-state index in [1.807, 2.05) is 0 Å². The Labute approximate surface area is 108 Å². The van der Waals surface area contributed by atoms with E-state index in [9.17, 15) is 14.7 Å². The van der Waals surface area contributed by atoms with Gasteiger partial charge in [-0.05, 0) is 31.6 Å². The molecule has 4 heteroatoms. The van der Waals surface area contributed by atoms with E-state index in [0.29, 0.717) is 18.8 Å². The number of carboxylic acid groups (broad SMARTS) is 1. The lowest BCUT2D eigenvalue weighted by molar-refractivity contribution is -0.162. The van der Waals surface area contributed by atoms with Gasteiger partial charge in [-0.25, -0.2) is 0 Å². The second-order valence-corrected chi connectivity index (χ2v) is 5.85. The first-order valence-electron chi connectivity index (χ1n) is 7.13. The Bertz CT molecular complexity index is 336. The summed E-state index contributed by atoms with van der Waals surface area (Å²) in [4.78, 5) is 23.4. The molecule has 2 aliphatic rings. The number of nitrogens with one attached hydrogen (secondary N) is 1. The van der Waals surface area contributed by atoms with Crippen molar-refractivity contribution in [3.63, 3.8) is 0 Å². The van der Waals surface area contributed by atoms with Gasteiger partial charge in [-0.2, -0.15) is 0 Å². The van der Waals surface area contributed by atoms with Crippen molar-refractivity contribution in [2.45, 2.75) is 64.3 Å². The molecule has 2 rings (SSSR count). The van der Waals surface area contributed by atoms with Crippen LogP contribution in [0.2, 0.25) is 0 Å². The van der Waals surface area contributed by atoms with Crippen LogP contribution < -0.4 is 5.32 Å². The number of rotatable bonds is 4. The van der Waals surface area contributed by atoms with Crippen LogP contribution in [-0.4, -0.2) is 23.0 Å². The highest BCUT2D eigenvalue weighted by atomic mass is 16.4. The zero-order chi connectivity index (χ0) is 13.2. The molecule has 2 saturated carbocycles. The predicted octanol–water partition coefficient (Wildman–Crippen LogP) is 2.33. The fraction of sp³-hybridized carbons (Fsp3) is 0.857. The van der Waals surface area contributed by atoms with Crippen molar-refractivity contribution in [1.29, 1.82) is 0 Å². The Balaban J connectivity index is 1.92. The van der Waals surface area contributed by atoms with E-state index in [2.05, 4.69) is 12.2 Å². The summed E-state index contributed by atoms with van der Waals surface area (Å²) < 4.78 is 0.